The number of nitrogens with one attached hydrogen (secondary N) is 1. The average Bonchev–Trinajstić information content (AvgIpc) is 3.86. The molecule has 2 aliphatic rings. The minimum atomic E-state index is -2.72. The molecule has 1 fully saturated rings. The van der Waals surface area contributed by atoms with Gasteiger partial charge in [-0.1, -0.05) is 183 Å². The molecule has 15 nitrogen and oxygen atoms in total. The topological polar surface area (TPSA) is 205 Å². The molecule has 0 bridgehead atoms. The second-order valence-corrected chi connectivity index (χ2v) is 20.3. The number of aryl methyl sites for hydroxylation is 1. The zero-order chi connectivity index (χ0) is 52.5. The quantitative estimate of drug-likeness (QED) is 0.0142. The summed E-state index contributed by atoms with van der Waals surface area (Å²) in [5.41, 5.74) is 5.97. The Morgan fingerprint density at radius 3 is 1.68 bits per heavy atom. The third-order valence-corrected chi connectivity index (χ3v) is 15.1. The minimum Gasteiger partial charge on any atom is -0.497 e. The Labute approximate surface area is 436 Å². The summed E-state index contributed by atoms with van der Waals surface area (Å²) in [6, 6.07) is 29.8. The van der Waals surface area contributed by atoms with E-state index in [1.807, 2.05) is 60.7 Å². The number of H-pyrrole nitrogens is 1. The molecule has 0 saturated carbocycles. The van der Waals surface area contributed by atoms with Gasteiger partial charge in [-0.15, -0.1) is 5.06 Å². The molecular weight excluding hydrogens is 960 g/mol. The van der Waals surface area contributed by atoms with Crippen LogP contribution in [0, 0.1) is 0 Å². The van der Waals surface area contributed by atoms with Gasteiger partial charge in [0.15, 0.2) is 12.3 Å². The number of nitrogens with two attached hydrogens (primary N) is 1. The SMILES string of the molecule is CCCCCCCCCCCCCCCCCCCCc1cccc2c1C(=O)N(O[C@@H]1[C@H](O)[C@@H](C(OP(N)O)C(c3ccccc3)(c3ccc(OC)cc3)c3ccc(OC)cc3)O[C@H]1n1ccc(=O)[nH]c1=O)C2=O. The number of hydrogen-bond acceptors (Lipinski definition) is 12. The second kappa shape index (κ2) is 27.9. The van der Waals surface area contributed by atoms with Crippen molar-refractivity contribution in [2.75, 3.05) is 14.2 Å². The fourth-order valence-corrected chi connectivity index (χ4v) is 11.3. The first kappa shape index (κ1) is 56.2. The summed E-state index contributed by atoms with van der Waals surface area (Å²) in [4.78, 5) is 74.5. The molecule has 5 aromatic rings. The monoisotopic (exact) mass is 1030 g/mol. The number of aliphatic hydroxyl groups is 1. The predicted molar refractivity (Wildman–Crippen MR) is 286 cm³/mol. The minimum absolute atomic E-state index is 0.148. The van der Waals surface area contributed by atoms with E-state index in [-0.39, 0.29) is 11.1 Å². The van der Waals surface area contributed by atoms with Crippen molar-refractivity contribution in [1.82, 2.24) is 14.6 Å². The lowest BCUT2D eigenvalue weighted by Gasteiger charge is -2.45. The Morgan fingerprint density at radius 2 is 1.18 bits per heavy atom. The first-order valence-corrected chi connectivity index (χ1v) is 27.9. The fraction of sp³-hybridized carbons (Fsp3) is 0.483. The molecular formula is C58H75N4O11P. The molecule has 16 heteroatoms. The highest BCUT2D eigenvalue weighted by Crippen LogP contribution is 2.51. The van der Waals surface area contributed by atoms with Crippen LogP contribution < -0.4 is 26.2 Å². The largest absolute Gasteiger partial charge is 0.497 e. The second-order valence-electron chi connectivity index (χ2n) is 19.5. The molecule has 2 unspecified atom stereocenters. The van der Waals surface area contributed by atoms with Crippen molar-refractivity contribution in [2.45, 2.75) is 165 Å². The van der Waals surface area contributed by atoms with Gasteiger partial charge in [-0.05, 0) is 65.4 Å². The first-order valence-electron chi connectivity index (χ1n) is 26.6. The fourth-order valence-electron chi connectivity index (χ4n) is 10.8. The number of carbonyl (C=O) groups is 2. The summed E-state index contributed by atoms with van der Waals surface area (Å²) in [7, 11) is 0.369. The lowest BCUT2D eigenvalue weighted by molar-refractivity contribution is -0.178. The van der Waals surface area contributed by atoms with E-state index in [4.69, 9.17) is 29.1 Å². The van der Waals surface area contributed by atoms with Crippen molar-refractivity contribution in [3.05, 3.63) is 164 Å². The van der Waals surface area contributed by atoms with Crippen LogP contribution in [-0.2, 0) is 25.9 Å². The van der Waals surface area contributed by atoms with Crippen LogP contribution in [0.3, 0.4) is 0 Å². The number of carbonyl (C=O) groups excluding carboxylic acids is 2. The van der Waals surface area contributed by atoms with E-state index < -0.39 is 67.6 Å². The van der Waals surface area contributed by atoms with Crippen molar-refractivity contribution in [1.29, 1.82) is 0 Å². The van der Waals surface area contributed by atoms with E-state index in [2.05, 4.69) is 11.9 Å². The van der Waals surface area contributed by atoms with Gasteiger partial charge in [0.2, 0.25) is 0 Å². The van der Waals surface area contributed by atoms with Crippen LogP contribution in [0.1, 0.15) is 172 Å². The maximum absolute atomic E-state index is 14.5. The molecule has 6 atom stereocenters. The molecule has 7 rings (SSSR count). The Hall–Kier alpha value is -5.51. The van der Waals surface area contributed by atoms with E-state index in [1.165, 1.54) is 96.1 Å². The molecule has 2 amide bonds. The molecule has 398 valence electrons. The van der Waals surface area contributed by atoms with Crippen molar-refractivity contribution < 1.29 is 43.2 Å². The highest BCUT2D eigenvalue weighted by Gasteiger charge is 2.59. The van der Waals surface area contributed by atoms with Gasteiger partial charge in [0.1, 0.15) is 29.8 Å². The zero-order valence-electron chi connectivity index (χ0n) is 43.2. The molecule has 5 N–H and O–H groups in total. The number of imide groups is 1. The number of aromatic nitrogens is 2. The highest BCUT2D eigenvalue weighted by atomic mass is 31.2. The molecule has 0 aliphatic carbocycles. The summed E-state index contributed by atoms with van der Waals surface area (Å²) in [5.74, 6) is -0.380. The number of ether oxygens (including phenoxy) is 3. The van der Waals surface area contributed by atoms with Gasteiger partial charge in [-0.25, -0.2) is 4.79 Å². The summed E-state index contributed by atoms with van der Waals surface area (Å²) < 4.78 is 25.2. The van der Waals surface area contributed by atoms with Gasteiger partial charge in [-0.3, -0.25) is 34.3 Å². The molecule has 74 heavy (non-hydrogen) atoms. The molecule has 3 heterocycles. The molecule has 0 spiro atoms. The number of aliphatic hydroxyl groups excluding tert-OH is 1. The lowest BCUT2D eigenvalue weighted by atomic mass is 9.64. The number of hydroxylamine groups is 2. The number of aromatic amines is 1. The third kappa shape index (κ3) is 13.5. The summed E-state index contributed by atoms with van der Waals surface area (Å²) in [6.07, 6.45) is 16.4. The van der Waals surface area contributed by atoms with Crippen molar-refractivity contribution in [3.8, 4) is 11.5 Å². The van der Waals surface area contributed by atoms with E-state index in [9.17, 15) is 29.2 Å². The zero-order valence-corrected chi connectivity index (χ0v) is 44.1. The number of methoxy groups -OCH3 is 2. The van der Waals surface area contributed by atoms with Gasteiger partial charge in [0.25, 0.3) is 25.9 Å². The number of benzene rings is 4. The maximum atomic E-state index is 14.5. The van der Waals surface area contributed by atoms with E-state index in [0.717, 1.165) is 36.3 Å². The standard InChI is InChI=1S/C58H75N4O11P/c1-4-5-6-7-8-9-10-11-12-13-14-15-16-17-18-19-20-22-26-41-27-25-30-47-49(41)55(66)62(54(47)65)72-52-50(64)51(71-56(52)61-40-39-48(63)60-57(61)67)53(73-74(59)68)58(42-28-23-21-24-29-42,43-31-35-45(69-2)36-32-43)44-33-37-46(70-3)38-34-44/h21,23-25,27-40,50-53,56,64,68H,4-20,22,26,59H2,1-3H3,(H,60,63,67)/t50-,51+,52-,53?,56-,74?/m1/s1. The lowest BCUT2D eigenvalue weighted by Crippen LogP contribution is -2.54. The molecule has 0 radical (unpaired) electrons. The van der Waals surface area contributed by atoms with E-state index in [0.29, 0.717) is 45.2 Å². The smallest absolute Gasteiger partial charge is 0.330 e. The van der Waals surface area contributed by atoms with E-state index >= 15 is 0 Å². The van der Waals surface area contributed by atoms with Crippen LogP contribution in [0.15, 0.2) is 119 Å². The Balaban J connectivity index is 1.09. The Bertz CT molecular complexity index is 2610. The van der Waals surface area contributed by atoms with Crippen LogP contribution in [0.5, 0.6) is 11.5 Å². The highest BCUT2D eigenvalue weighted by molar-refractivity contribution is 7.43. The van der Waals surface area contributed by atoms with Crippen molar-refractivity contribution in [2.24, 2.45) is 5.50 Å². The number of hydrogen-bond donors (Lipinski definition) is 4. The summed E-state index contributed by atoms with van der Waals surface area (Å²) in [5, 5.41) is 13.4. The normalized spacial score (nSPS) is 18.4. The van der Waals surface area contributed by atoms with Crippen LogP contribution in [-0.4, -0.2) is 75.1 Å². The van der Waals surface area contributed by atoms with Crippen molar-refractivity contribution in [3.63, 3.8) is 0 Å². The number of rotatable bonds is 31. The predicted octanol–water partition coefficient (Wildman–Crippen LogP) is 10.6. The summed E-state index contributed by atoms with van der Waals surface area (Å²) >= 11 is 0. The molecule has 1 aromatic heterocycles. The van der Waals surface area contributed by atoms with E-state index in [1.54, 1.807) is 50.6 Å². The van der Waals surface area contributed by atoms with Gasteiger partial charge in [-0.2, -0.15) is 0 Å². The first-order chi connectivity index (χ1) is 36.0. The average molecular weight is 1040 g/mol. The molecule has 4 aromatic carbocycles. The maximum Gasteiger partial charge on any atom is 0.330 e. The molecule has 2 aliphatic heterocycles. The number of nitrogens with zero attached hydrogens (tertiary/aromatic N) is 2. The van der Waals surface area contributed by atoms with Crippen LogP contribution in [0.25, 0.3) is 0 Å². The number of fused-ring (bicyclic) bond motifs is 1. The van der Waals surface area contributed by atoms with Gasteiger partial charge in [0, 0.05) is 12.3 Å². The third-order valence-electron chi connectivity index (χ3n) is 14.6. The Morgan fingerprint density at radius 1 is 0.662 bits per heavy atom. The van der Waals surface area contributed by atoms with Crippen LogP contribution >= 0.6 is 8.53 Å². The van der Waals surface area contributed by atoms with Crippen LogP contribution in [0.2, 0.25) is 0 Å². The Kier molecular flexibility index (Phi) is 21.2. The van der Waals surface area contributed by atoms with Crippen molar-refractivity contribution >= 4 is 20.3 Å². The summed E-state index contributed by atoms with van der Waals surface area (Å²) in [6.45, 7) is 2.26. The molecule has 1 saturated heterocycles. The van der Waals surface area contributed by atoms with Crippen LogP contribution in [0.4, 0.5) is 0 Å². The van der Waals surface area contributed by atoms with Gasteiger partial charge in [0.05, 0.1) is 30.8 Å². The number of amides is 2. The van der Waals surface area contributed by atoms with Gasteiger partial charge < -0.3 is 28.7 Å². The van der Waals surface area contributed by atoms with Gasteiger partial charge >= 0.3 is 5.69 Å². The number of unbranched alkanes of at least 4 members (excludes halogenated alkanes) is 17.